The fourth-order valence-corrected chi connectivity index (χ4v) is 4.46. The van der Waals surface area contributed by atoms with Crippen LogP contribution >= 0.6 is 11.3 Å². The van der Waals surface area contributed by atoms with Crippen LogP contribution in [0.3, 0.4) is 0 Å². The number of nitrogens with zero attached hydrogens (tertiary/aromatic N) is 1. The van der Waals surface area contributed by atoms with E-state index in [1.54, 1.807) is 31.2 Å². The summed E-state index contributed by atoms with van der Waals surface area (Å²) < 4.78 is 14.1. The molecular formula is C21H19FN2O4S. The summed E-state index contributed by atoms with van der Waals surface area (Å²) in [6.45, 7) is 3.81. The summed E-state index contributed by atoms with van der Waals surface area (Å²) in [5.41, 5.74) is 2.72. The van der Waals surface area contributed by atoms with Crippen LogP contribution in [0.15, 0.2) is 42.5 Å². The van der Waals surface area contributed by atoms with Crippen LogP contribution in [0.1, 0.15) is 34.0 Å². The quantitative estimate of drug-likeness (QED) is 0.385. The van der Waals surface area contributed by atoms with E-state index in [0.29, 0.717) is 28.1 Å². The van der Waals surface area contributed by atoms with Gasteiger partial charge in [0.15, 0.2) is 0 Å². The van der Waals surface area contributed by atoms with Crippen molar-refractivity contribution in [2.24, 2.45) is 0 Å². The fourth-order valence-electron chi connectivity index (χ4n) is 3.18. The van der Waals surface area contributed by atoms with E-state index in [9.17, 15) is 24.4 Å². The molecule has 2 aromatic carbocycles. The summed E-state index contributed by atoms with van der Waals surface area (Å²) in [5, 5.41) is 24.2. The summed E-state index contributed by atoms with van der Waals surface area (Å²) in [6.07, 6.45) is 0.477. The third kappa shape index (κ3) is 4.12. The van der Waals surface area contributed by atoms with Gasteiger partial charge in [0, 0.05) is 29.1 Å². The Morgan fingerprint density at radius 2 is 1.90 bits per heavy atom. The largest absolute Gasteiger partial charge is 0.478 e. The topological polar surface area (TPSA) is 92.5 Å². The van der Waals surface area contributed by atoms with Crippen molar-refractivity contribution in [2.75, 3.05) is 5.32 Å². The first kappa shape index (κ1) is 20.5. The number of carboxylic acids is 1. The molecule has 8 heteroatoms. The van der Waals surface area contributed by atoms with E-state index >= 15 is 0 Å². The van der Waals surface area contributed by atoms with E-state index in [4.69, 9.17) is 0 Å². The number of nitro groups is 1. The first-order chi connectivity index (χ1) is 13.8. The van der Waals surface area contributed by atoms with Gasteiger partial charge >= 0.3 is 5.97 Å². The highest BCUT2D eigenvalue weighted by atomic mass is 32.1. The van der Waals surface area contributed by atoms with Crippen LogP contribution in [0.2, 0.25) is 0 Å². The number of carboxylic acid groups (broad SMARTS) is 1. The first-order valence-electron chi connectivity index (χ1n) is 8.95. The van der Waals surface area contributed by atoms with Crippen molar-refractivity contribution in [3.63, 3.8) is 0 Å². The maximum Gasteiger partial charge on any atom is 0.339 e. The van der Waals surface area contributed by atoms with Crippen molar-refractivity contribution in [3.05, 3.63) is 80.6 Å². The number of benzene rings is 2. The Morgan fingerprint density at radius 3 is 2.45 bits per heavy atom. The van der Waals surface area contributed by atoms with Gasteiger partial charge in [-0.1, -0.05) is 19.1 Å². The fraction of sp³-hybridized carbons (Fsp3) is 0.190. The van der Waals surface area contributed by atoms with Crippen molar-refractivity contribution in [3.8, 4) is 10.4 Å². The number of rotatable bonds is 7. The lowest BCUT2D eigenvalue weighted by atomic mass is 10.0. The number of anilines is 1. The Morgan fingerprint density at radius 1 is 1.21 bits per heavy atom. The second kappa shape index (κ2) is 8.40. The second-order valence-electron chi connectivity index (χ2n) is 6.47. The molecule has 0 aliphatic rings. The average molecular weight is 414 g/mol. The van der Waals surface area contributed by atoms with Crippen LogP contribution in [-0.4, -0.2) is 16.0 Å². The van der Waals surface area contributed by atoms with Gasteiger partial charge in [-0.3, -0.25) is 10.1 Å². The Balaban J connectivity index is 2.01. The number of aryl methyl sites for hydroxylation is 1. The molecule has 1 heterocycles. The Labute approximate surface area is 170 Å². The Kier molecular flexibility index (Phi) is 5.93. The van der Waals surface area contributed by atoms with Crippen molar-refractivity contribution < 1.29 is 19.2 Å². The van der Waals surface area contributed by atoms with E-state index < -0.39 is 10.9 Å². The number of non-ortho nitro benzene ring substituents is 1. The zero-order chi connectivity index (χ0) is 21.1. The molecule has 0 aliphatic carbocycles. The first-order valence-corrected chi connectivity index (χ1v) is 9.76. The van der Waals surface area contributed by atoms with Gasteiger partial charge < -0.3 is 10.4 Å². The highest BCUT2D eigenvalue weighted by molar-refractivity contribution is 7.20. The number of nitrogens with one attached hydrogen (secondary N) is 1. The van der Waals surface area contributed by atoms with Gasteiger partial charge in [0.25, 0.3) is 5.69 Å². The van der Waals surface area contributed by atoms with E-state index in [1.165, 1.54) is 29.5 Å². The van der Waals surface area contributed by atoms with Crippen molar-refractivity contribution in [2.45, 2.75) is 26.8 Å². The van der Waals surface area contributed by atoms with E-state index in [2.05, 4.69) is 5.32 Å². The molecular weight excluding hydrogens is 395 g/mol. The third-order valence-corrected chi connectivity index (χ3v) is 5.93. The predicted octanol–water partition coefficient (Wildman–Crippen LogP) is 5.64. The van der Waals surface area contributed by atoms with Crippen LogP contribution in [0.5, 0.6) is 0 Å². The van der Waals surface area contributed by atoms with Gasteiger partial charge in [-0.25, -0.2) is 9.18 Å². The molecule has 29 heavy (non-hydrogen) atoms. The molecule has 0 spiro atoms. The number of thiophene rings is 1. The number of nitro benzene ring substituents is 1. The molecule has 0 fully saturated rings. The maximum absolute atomic E-state index is 14.1. The standard InChI is InChI=1S/C21H19FN2O4S/c1-3-15-18(21(25)26)20(23-11-16-12(2)5-4-6-17(16)22)29-19(15)13-7-9-14(10-8-13)24(27)28/h4-10,23H,3,11H2,1-2H3,(H,25,26). The van der Waals surface area contributed by atoms with Crippen LogP contribution in [-0.2, 0) is 13.0 Å². The summed E-state index contributed by atoms with van der Waals surface area (Å²) >= 11 is 1.25. The van der Waals surface area contributed by atoms with Crippen LogP contribution in [0, 0.1) is 22.9 Å². The number of hydrogen-bond donors (Lipinski definition) is 2. The van der Waals surface area contributed by atoms with E-state index in [-0.39, 0.29) is 23.6 Å². The molecule has 150 valence electrons. The molecule has 0 aliphatic heterocycles. The summed E-state index contributed by atoms with van der Waals surface area (Å²) in [6, 6.07) is 10.8. The molecule has 0 amide bonds. The Hall–Kier alpha value is -3.26. The van der Waals surface area contributed by atoms with Gasteiger partial charge in [0.05, 0.1) is 10.5 Å². The minimum atomic E-state index is -1.07. The SMILES string of the molecule is CCc1c(-c2ccc([N+](=O)[O-])cc2)sc(NCc2c(C)cccc2F)c1C(=O)O. The minimum absolute atomic E-state index is 0.0322. The monoisotopic (exact) mass is 414 g/mol. The number of carbonyl (C=O) groups is 1. The average Bonchev–Trinajstić information content (AvgIpc) is 3.06. The van der Waals surface area contributed by atoms with Crippen LogP contribution in [0.25, 0.3) is 10.4 Å². The Bertz CT molecular complexity index is 1060. The molecule has 0 radical (unpaired) electrons. The molecule has 0 atom stereocenters. The van der Waals surface area contributed by atoms with Crippen molar-refractivity contribution in [1.29, 1.82) is 0 Å². The van der Waals surface area contributed by atoms with Crippen LogP contribution < -0.4 is 5.32 Å². The molecule has 0 bridgehead atoms. The van der Waals surface area contributed by atoms with Crippen LogP contribution in [0.4, 0.5) is 15.1 Å². The van der Waals surface area contributed by atoms with Crippen molar-refractivity contribution in [1.82, 2.24) is 0 Å². The van der Waals surface area contributed by atoms with Crippen molar-refractivity contribution >= 4 is 28.0 Å². The molecule has 1 aromatic heterocycles. The van der Waals surface area contributed by atoms with Gasteiger partial charge in [-0.2, -0.15) is 0 Å². The van der Waals surface area contributed by atoms with Gasteiger partial charge in [0.1, 0.15) is 10.8 Å². The molecule has 3 aromatic rings. The second-order valence-corrected chi connectivity index (χ2v) is 7.49. The summed E-state index contributed by atoms with van der Waals surface area (Å²) in [7, 11) is 0. The van der Waals surface area contributed by atoms with E-state index in [0.717, 1.165) is 10.4 Å². The van der Waals surface area contributed by atoms with E-state index in [1.807, 2.05) is 6.92 Å². The molecule has 3 rings (SSSR count). The normalized spacial score (nSPS) is 10.7. The lowest BCUT2D eigenvalue weighted by Gasteiger charge is -2.09. The minimum Gasteiger partial charge on any atom is -0.478 e. The molecule has 0 saturated heterocycles. The molecule has 0 saturated carbocycles. The zero-order valence-corrected chi connectivity index (χ0v) is 16.7. The number of aromatic carboxylic acids is 1. The summed E-state index contributed by atoms with van der Waals surface area (Å²) in [4.78, 5) is 23.1. The number of hydrogen-bond acceptors (Lipinski definition) is 5. The molecule has 0 unspecified atom stereocenters. The highest BCUT2D eigenvalue weighted by Gasteiger charge is 2.23. The lowest BCUT2D eigenvalue weighted by molar-refractivity contribution is -0.384. The maximum atomic E-state index is 14.1. The molecule has 6 nitrogen and oxygen atoms in total. The highest BCUT2D eigenvalue weighted by Crippen LogP contribution is 2.41. The zero-order valence-electron chi connectivity index (χ0n) is 15.9. The third-order valence-electron chi connectivity index (χ3n) is 4.69. The lowest BCUT2D eigenvalue weighted by Crippen LogP contribution is -2.07. The van der Waals surface area contributed by atoms with Gasteiger partial charge in [-0.15, -0.1) is 11.3 Å². The summed E-state index contributed by atoms with van der Waals surface area (Å²) in [5.74, 6) is -1.42. The smallest absolute Gasteiger partial charge is 0.339 e. The molecule has 2 N–H and O–H groups in total. The predicted molar refractivity (Wildman–Crippen MR) is 111 cm³/mol. The van der Waals surface area contributed by atoms with Gasteiger partial charge in [-0.05, 0) is 48.2 Å². The number of halogens is 1. The van der Waals surface area contributed by atoms with Gasteiger partial charge in [0.2, 0.25) is 0 Å².